The highest BCUT2D eigenvalue weighted by Gasteiger charge is 2.52. The molecule has 0 spiro atoms. The molecular formula is C18H24ClFN2O2. The third-order valence-corrected chi connectivity index (χ3v) is 4.95. The summed E-state index contributed by atoms with van der Waals surface area (Å²) in [5, 5.41) is 14.0. The molecule has 1 fully saturated rings. The van der Waals surface area contributed by atoms with Crippen LogP contribution in [0.4, 0.5) is 9.18 Å². The van der Waals surface area contributed by atoms with Gasteiger partial charge >= 0.3 is 6.03 Å². The SMILES string of the molecule is CC1=CC2C(CC1)C(O)(c1ccc(F)cc1)NC(=O)N2C(C)C.Cl. The lowest BCUT2D eigenvalue weighted by Gasteiger charge is -2.52. The van der Waals surface area contributed by atoms with E-state index in [4.69, 9.17) is 0 Å². The zero-order chi connectivity index (χ0) is 16.8. The molecule has 2 amide bonds. The van der Waals surface area contributed by atoms with Crippen LogP contribution < -0.4 is 5.32 Å². The number of hydrogen-bond acceptors (Lipinski definition) is 2. The van der Waals surface area contributed by atoms with E-state index in [1.807, 2.05) is 13.8 Å². The molecule has 3 atom stereocenters. The van der Waals surface area contributed by atoms with Gasteiger partial charge in [-0.3, -0.25) is 0 Å². The largest absolute Gasteiger partial charge is 0.366 e. The van der Waals surface area contributed by atoms with Gasteiger partial charge in [-0.2, -0.15) is 0 Å². The topological polar surface area (TPSA) is 52.6 Å². The maximum atomic E-state index is 13.2. The molecule has 0 aromatic heterocycles. The first kappa shape index (κ1) is 18.7. The third-order valence-electron chi connectivity index (χ3n) is 4.95. The minimum absolute atomic E-state index is 0. The maximum Gasteiger partial charge on any atom is 0.320 e. The maximum absolute atomic E-state index is 13.2. The summed E-state index contributed by atoms with van der Waals surface area (Å²) in [6.45, 7) is 5.99. The zero-order valence-electron chi connectivity index (χ0n) is 14.1. The van der Waals surface area contributed by atoms with Crippen LogP contribution >= 0.6 is 12.4 Å². The Kier molecular flexibility index (Phi) is 5.25. The van der Waals surface area contributed by atoms with E-state index < -0.39 is 5.72 Å². The van der Waals surface area contributed by atoms with Gasteiger partial charge in [0.05, 0.1) is 6.04 Å². The molecule has 1 aliphatic heterocycles. The van der Waals surface area contributed by atoms with Crippen molar-refractivity contribution in [2.45, 2.75) is 51.4 Å². The Morgan fingerprint density at radius 2 is 1.96 bits per heavy atom. The number of nitrogens with one attached hydrogen (secondary N) is 1. The standard InChI is InChI=1S/C18H23FN2O2.ClH/c1-11(2)21-16-10-12(3)4-9-15(16)18(23,20-17(21)22)13-5-7-14(19)8-6-13;/h5-8,10-11,15-16,23H,4,9H2,1-3H3,(H,20,22);1H. The first-order valence-corrected chi connectivity index (χ1v) is 8.09. The van der Waals surface area contributed by atoms with Crippen LogP contribution in [-0.2, 0) is 5.72 Å². The molecule has 2 N–H and O–H groups in total. The molecule has 0 bridgehead atoms. The van der Waals surface area contributed by atoms with E-state index in [9.17, 15) is 14.3 Å². The van der Waals surface area contributed by atoms with Crippen molar-refractivity contribution in [2.24, 2.45) is 5.92 Å². The molecule has 132 valence electrons. The van der Waals surface area contributed by atoms with E-state index in [2.05, 4.69) is 18.3 Å². The van der Waals surface area contributed by atoms with Crippen molar-refractivity contribution in [3.63, 3.8) is 0 Å². The quantitative estimate of drug-likeness (QED) is 0.798. The second-order valence-electron chi connectivity index (χ2n) is 6.85. The number of nitrogens with zero attached hydrogens (tertiary/aromatic N) is 1. The van der Waals surface area contributed by atoms with Crippen LogP contribution in [0.1, 0.15) is 39.2 Å². The van der Waals surface area contributed by atoms with Crippen LogP contribution in [0.2, 0.25) is 0 Å². The van der Waals surface area contributed by atoms with Gasteiger partial charge in [-0.1, -0.05) is 23.8 Å². The molecule has 1 aromatic carbocycles. The fourth-order valence-electron chi connectivity index (χ4n) is 3.80. The van der Waals surface area contributed by atoms with Gasteiger partial charge in [-0.15, -0.1) is 12.4 Å². The van der Waals surface area contributed by atoms with Crippen LogP contribution in [0, 0.1) is 11.7 Å². The van der Waals surface area contributed by atoms with Crippen LogP contribution in [-0.4, -0.2) is 28.1 Å². The normalized spacial score (nSPS) is 29.5. The predicted molar refractivity (Wildman–Crippen MR) is 93.3 cm³/mol. The molecule has 2 aliphatic rings. The summed E-state index contributed by atoms with van der Waals surface area (Å²) in [7, 11) is 0. The lowest BCUT2D eigenvalue weighted by molar-refractivity contribution is -0.0983. The van der Waals surface area contributed by atoms with E-state index in [1.165, 1.54) is 17.7 Å². The number of allylic oxidation sites excluding steroid dienone is 1. The van der Waals surface area contributed by atoms with Gasteiger partial charge in [0, 0.05) is 17.5 Å². The van der Waals surface area contributed by atoms with Gasteiger partial charge in [-0.05, 0) is 45.7 Å². The molecule has 3 unspecified atom stereocenters. The molecule has 1 aromatic rings. The Morgan fingerprint density at radius 1 is 1.33 bits per heavy atom. The monoisotopic (exact) mass is 354 g/mol. The molecule has 1 saturated heterocycles. The van der Waals surface area contributed by atoms with Gasteiger partial charge in [0.25, 0.3) is 0 Å². The van der Waals surface area contributed by atoms with Crippen LogP contribution in [0.15, 0.2) is 35.9 Å². The predicted octanol–water partition coefficient (Wildman–Crippen LogP) is 3.55. The molecule has 24 heavy (non-hydrogen) atoms. The molecule has 6 heteroatoms. The highest BCUT2D eigenvalue weighted by Crippen LogP contribution is 2.42. The summed E-state index contributed by atoms with van der Waals surface area (Å²) >= 11 is 0. The van der Waals surface area contributed by atoms with Crippen molar-refractivity contribution >= 4 is 18.4 Å². The van der Waals surface area contributed by atoms with E-state index >= 15 is 0 Å². The number of aliphatic hydroxyl groups is 1. The van der Waals surface area contributed by atoms with E-state index in [0.717, 1.165) is 12.8 Å². The van der Waals surface area contributed by atoms with Crippen LogP contribution in [0.3, 0.4) is 0 Å². The Balaban J connectivity index is 0.00000208. The van der Waals surface area contributed by atoms with Crippen molar-refractivity contribution in [3.8, 4) is 0 Å². The number of carbonyl (C=O) groups excluding carboxylic acids is 1. The molecular weight excluding hydrogens is 331 g/mol. The Labute approximate surface area is 148 Å². The minimum atomic E-state index is -1.47. The number of rotatable bonds is 2. The fourth-order valence-corrected chi connectivity index (χ4v) is 3.80. The van der Waals surface area contributed by atoms with Gasteiger partial charge in [-0.25, -0.2) is 9.18 Å². The van der Waals surface area contributed by atoms with Crippen LogP contribution in [0.25, 0.3) is 0 Å². The van der Waals surface area contributed by atoms with Gasteiger partial charge in [0.2, 0.25) is 0 Å². The summed E-state index contributed by atoms with van der Waals surface area (Å²) in [6.07, 6.45) is 3.73. The molecule has 0 radical (unpaired) electrons. The Morgan fingerprint density at radius 3 is 2.54 bits per heavy atom. The number of carbonyl (C=O) groups is 1. The lowest BCUT2D eigenvalue weighted by Crippen LogP contribution is -2.68. The highest BCUT2D eigenvalue weighted by atomic mass is 35.5. The van der Waals surface area contributed by atoms with Gasteiger partial charge < -0.3 is 15.3 Å². The van der Waals surface area contributed by atoms with E-state index in [-0.39, 0.29) is 42.3 Å². The zero-order valence-corrected chi connectivity index (χ0v) is 14.9. The van der Waals surface area contributed by atoms with Crippen molar-refractivity contribution < 1.29 is 14.3 Å². The average Bonchev–Trinajstić information content (AvgIpc) is 2.46. The molecule has 0 saturated carbocycles. The number of urea groups is 1. The highest BCUT2D eigenvalue weighted by molar-refractivity contribution is 5.85. The Hall–Kier alpha value is -1.59. The third kappa shape index (κ3) is 3.03. The average molecular weight is 355 g/mol. The summed E-state index contributed by atoms with van der Waals surface area (Å²) in [5.41, 5.74) is 0.282. The molecule has 3 rings (SSSR count). The number of halogens is 2. The van der Waals surface area contributed by atoms with Crippen molar-refractivity contribution in [1.29, 1.82) is 0 Å². The lowest BCUT2D eigenvalue weighted by atomic mass is 9.74. The summed E-state index contributed by atoms with van der Waals surface area (Å²) in [4.78, 5) is 14.4. The number of benzene rings is 1. The first-order valence-electron chi connectivity index (χ1n) is 8.09. The second-order valence-corrected chi connectivity index (χ2v) is 6.85. The second kappa shape index (κ2) is 6.73. The van der Waals surface area contributed by atoms with Gasteiger partial charge in [0.1, 0.15) is 5.82 Å². The van der Waals surface area contributed by atoms with Crippen molar-refractivity contribution in [3.05, 3.63) is 47.3 Å². The number of amides is 2. The summed E-state index contributed by atoms with van der Waals surface area (Å²) in [6, 6.07) is 5.29. The minimum Gasteiger partial charge on any atom is -0.366 e. The number of fused-ring (bicyclic) bond motifs is 1. The first-order chi connectivity index (χ1) is 10.8. The smallest absolute Gasteiger partial charge is 0.320 e. The fraction of sp³-hybridized carbons (Fsp3) is 0.500. The van der Waals surface area contributed by atoms with Crippen molar-refractivity contribution in [2.75, 3.05) is 0 Å². The molecule has 4 nitrogen and oxygen atoms in total. The Bertz CT molecular complexity index is 647. The molecule has 1 heterocycles. The van der Waals surface area contributed by atoms with E-state index in [0.29, 0.717) is 5.56 Å². The van der Waals surface area contributed by atoms with Crippen LogP contribution in [0.5, 0.6) is 0 Å². The number of hydrogen-bond donors (Lipinski definition) is 2. The molecule has 1 aliphatic carbocycles. The van der Waals surface area contributed by atoms with E-state index in [1.54, 1.807) is 17.0 Å². The summed E-state index contributed by atoms with van der Waals surface area (Å²) < 4.78 is 13.2. The summed E-state index contributed by atoms with van der Waals surface area (Å²) in [5.74, 6) is -0.531. The van der Waals surface area contributed by atoms with Gasteiger partial charge in [0.15, 0.2) is 5.72 Å². The van der Waals surface area contributed by atoms with Crippen molar-refractivity contribution in [1.82, 2.24) is 10.2 Å².